The summed E-state index contributed by atoms with van der Waals surface area (Å²) in [5.41, 5.74) is 2.58. The molecule has 2 heterocycles. The number of carbonyl (C=O) groups is 1. The lowest BCUT2D eigenvalue weighted by molar-refractivity contribution is 0.0784. The average molecular weight is 483 g/mol. The molecule has 1 aliphatic carbocycles. The molecule has 9 heteroatoms. The minimum Gasteiger partial charge on any atom is -0.490 e. The van der Waals surface area contributed by atoms with E-state index in [1.165, 1.54) is 23.4 Å². The SMILES string of the molecule is CN(Cc1cnc(CF)c2cn[nH]c12)C(=O)c1cc(F)c(-c2cccc(Cl)c2)c(OC2CC2)c1. The highest BCUT2D eigenvalue weighted by atomic mass is 35.5. The summed E-state index contributed by atoms with van der Waals surface area (Å²) in [6.07, 6.45) is 4.81. The van der Waals surface area contributed by atoms with Gasteiger partial charge in [0.25, 0.3) is 5.91 Å². The summed E-state index contributed by atoms with van der Waals surface area (Å²) in [6, 6.07) is 9.66. The number of alkyl halides is 1. The molecule has 2 aromatic carbocycles. The number of H-pyrrole nitrogens is 1. The fourth-order valence-electron chi connectivity index (χ4n) is 3.90. The van der Waals surface area contributed by atoms with Crippen LogP contribution < -0.4 is 4.74 Å². The molecule has 1 amide bonds. The van der Waals surface area contributed by atoms with Gasteiger partial charge in [-0.05, 0) is 42.7 Å². The standard InChI is InChI=1S/C25H21ClF2N4O2/c1-32(13-16-11-29-21(10-27)19-12-30-31-24(16)19)25(33)15-8-20(28)23(14-3-2-4-17(26)7-14)22(9-15)34-18-5-6-18/h2-4,7-9,11-12,18H,5-6,10,13H2,1H3,(H,30,31). The Morgan fingerprint density at radius 1 is 1.26 bits per heavy atom. The Hall–Kier alpha value is -3.52. The van der Waals surface area contributed by atoms with Gasteiger partial charge in [-0.3, -0.25) is 14.9 Å². The van der Waals surface area contributed by atoms with Crippen molar-refractivity contribution in [3.63, 3.8) is 0 Å². The molecule has 1 N–H and O–H groups in total. The van der Waals surface area contributed by atoms with Gasteiger partial charge in [-0.1, -0.05) is 23.7 Å². The maximum atomic E-state index is 15.3. The number of aromatic amines is 1. The van der Waals surface area contributed by atoms with Crippen LogP contribution in [0, 0.1) is 5.82 Å². The van der Waals surface area contributed by atoms with Crippen molar-refractivity contribution in [3.8, 4) is 16.9 Å². The lowest BCUT2D eigenvalue weighted by Gasteiger charge is -2.20. The summed E-state index contributed by atoms with van der Waals surface area (Å²) in [5, 5.41) is 7.86. The smallest absolute Gasteiger partial charge is 0.254 e. The zero-order valence-corrected chi connectivity index (χ0v) is 19.1. The van der Waals surface area contributed by atoms with Crippen LogP contribution in [0.5, 0.6) is 5.75 Å². The maximum Gasteiger partial charge on any atom is 0.254 e. The zero-order chi connectivity index (χ0) is 23.8. The number of nitrogens with one attached hydrogen (secondary N) is 1. The van der Waals surface area contributed by atoms with Crippen LogP contribution in [0.2, 0.25) is 5.02 Å². The molecule has 1 fully saturated rings. The monoisotopic (exact) mass is 482 g/mol. The summed E-state index contributed by atoms with van der Waals surface area (Å²) in [4.78, 5) is 18.8. The van der Waals surface area contributed by atoms with Gasteiger partial charge in [0, 0.05) is 41.3 Å². The van der Waals surface area contributed by atoms with Crippen LogP contribution in [0.3, 0.4) is 0 Å². The van der Waals surface area contributed by atoms with Gasteiger partial charge in [0.1, 0.15) is 18.2 Å². The number of carbonyl (C=O) groups excluding carboxylic acids is 1. The van der Waals surface area contributed by atoms with Gasteiger partial charge in [-0.25, -0.2) is 8.78 Å². The highest BCUT2D eigenvalue weighted by Gasteiger charge is 2.27. The van der Waals surface area contributed by atoms with Crippen molar-refractivity contribution < 1.29 is 18.3 Å². The van der Waals surface area contributed by atoms with E-state index in [0.717, 1.165) is 12.8 Å². The normalized spacial score (nSPS) is 13.3. The first-order chi connectivity index (χ1) is 16.4. The third-order valence-electron chi connectivity index (χ3n) is 5.76. The number of fused-ring (bicyclic) bond motifs is 1. The van der Waals surface area contributed by atoms with E-state index in [0.29, 0.717) is 32.8 Å². The number of nitrogens with zero attached hydrogens (tertiary/aromatic N) is 3. The molecule has 1 aliphatic rings. The number of hydrogen-bond acceptors (Lipinski definition) is 4. The molecular weight excluding hydrogens is 462 g/mol. The van der Waals surface area contributed by atoms with Crippen LogP contribution in [-0.4, -0.2) is 39.1 Å². The van der Waals surface area contributed by atoms with Crippen LogP contribution in [0.25, 0.3) is 22.0 Å². The third-order valence-corrected chi connectivity index (χ3v) is 6.00. The third kappa shape index (κ3) is 4.33. The molecule has 34 heavy (non-hydrogen) atoms. The van der Waals surface area contributed by atoms with Crippen molar-refractivity contribution >= 4 is 28.4 Å². The molecule has 2 aromatic heterocycles. The number of rotatable bonds is 7. The molecule has 0 radical (unpaired) electrons. The Morgan fingerprint density at radius 2 is 2.09 bits per heavy atom. The van der Waals surface area contributed by atoms with Gasteiger partial charge < -0.3 is 9.64 Å². The maximum absolute atomic E-state index is 15.3. The van der Waals surface area contributed by atoms with E-state index in [9.17, 15) is 9.18 Å². The second-order valence-corrected chi connectivity index (χ2v) is 8.78. The van der Waals surface area contributed by atoms with Gasteiger partial charge in [-0.15, -0.1) is 0 Å². The Kier molecular flexibility index (Phi) is 5.91. The van der Waals surface area contributed by atoms with Crippen molar-refractivity contribution in [2.24, 2.45) is 0 Å². The van der Waals surface area contributed by atoms with Crippen molar-refractivity contribution in [2.45, 2.75) is 32.2 Å². The minimum absolute atomic E-state index is 0.00849. The minimum atomic E-state index is -0.715. The van der Waals surface area contributed by atoms with Crippen LogP contribution in [0.4, 0.5) is 8.78 Å². The summed E-state index contributed by atoms with van der Waals surface area (Å²) in [6.45, 7) is -0.541. The van der Waals surface area contributed by atoms with E-state index in [1.807, 2.05) is 0 Å². The van der Waals surface area contributed by atoms with Crippen molar-refractivity contribution in [1.82, 2.24) is 20.1 Å². The number of pyridine rings is 1. The van der Waals surface area contributed by atoms with Crippen LogP contribution in [0.1, 0.15) is 34.5 Å². The Bertz CT molecular complexity index is 1390. The molecule has 0 unspecified atom stereocenters. The summed E-state index contributed by atoms with van der Waals surface area (Å²) >= 11 is 6.11. The predicted octanol–water partition coefficient (Wildman–Crippen LogP) is 5.70. The lowest BCUT2D eigenvalue weighted by atomic mass is 10.0. The molecule has 6 nitrogen and oxygen atoms in total. The van der Waals surface area contributed by atoms with Gasteiger partial charge >= 0.3 is 0 Å². The molecule has 0 atom stereocenters. The fourth-order valence-corrected chi connectivity index (χ4v) is 4.09. The number of hydrogen-bond donors (Lipinski definition) is 1. The fraction of sp³-hybridized carbons (Fsp3) is 0.240. The van der Waals surface area contributed by atoms with Crippen molar-refractivity contribution in [2.75, 3.05) is 7.05 Å². The van der Waals surface area contributed by atoms with Crippen molar-refractivity contribution in [3.05, 3.63) is 76.5 Å². The van der Waals surface area contributed by atoms with E-state index in [2.05, 4.69) is 15.2 Å². The summed E-state index contributed by atoms with van der Waals surface area (Å²) in [5.74, 6) is -0.645. The van der Waals surface area contributed by atoms with E-state index in [1.54, 1.807) is 37.4 Å². The molecule has 0 saturated heterocycles. The largest absolute Gasteiger partial charge is 0.490 e. The molecule has 0 bridgehead atoms. The van der Waals surface area contributed by atoms with Gasteiger partial charge in [-0.2, -0.15) is 5.10 Å². The van der Waals surface area contributed by atoms with Crippen LogP contribution in [-0.2, 0) is 13.2 Å². The quantitative estimate of drug-likeness (QED) is 0.367. The molecular formula is C25H21ClF2N4O2. The first-order valence-corrected chi connectivity index (χ1v) is 11.2. The second kappa shape index (κ2) is 9.02. The summed E-state index contributed by atoms with van der Waals surface area (Å²) in [7, 11) is 1.61. The van der Waals surface area contributed by atoms with Gasteiger partial charge in [0.2, 0.25) is 0 Å². The van der Waals surface area contributed by atoms with Crippen LogP contribution >= 0.6 is 11.6 Å². The topological polar surface area (TPSA) is 71.1 Å². The molecule has 1 saturated carbocycles. The van der Waals surface area contributed by atoms with E-state index >= 15 is 4.39 Å². The number of aromatic nitrogens is 3. The Balaban J connectivity index is 1.47. The van der Waals surface area contributed by atoms with Gasteiger partial charge in [0.05, 0.1) is 29.1 Å². The molecule has 174 valence electrons. The van der Waals surface area contributed by atoms with Gasteiger partial charge in [0.15, 0.2) is 0 Å². The number of benzene rings is 2. The summed E-state index contributed by atoms with van der Waals surface area (Å²) < 4.78 is 34.5. The van der Waals surface area contributed by atoms with E-state index < -0.39 is 12.5 Å². The number of amides is 1. The molecule has 4 aromatic rings. The highest BCUT2D eigenvalue weighted by molar-refractivity contribution is 6.30. The first-order valence-electron chi connectivity index (χ1n) is 10.8. The second-order valence-electron chi connectivity index (χ2n) is 8.34. The number of ether oxygens (including phenoxy) is 1. The Morgan fingerprint density at radius 3 is 2.82 bits per heavy atom. The highest BCUT2D eigenvalue weighted by Crippen LogP contribution is 2.38. The molecule has 5 rings (SSSR count). The van der Waals surface area contributed by atoms with Crippen LogP contribution in [0.15, 0.2) is 48.8 Å². The van der Waals surface area contributed by atoms with E-state index in [-0.39, 0.29) is 35.4 Å². The predicted molar refractivity (Wildman–Crippen MR) is 125 cm³/mol. The first kappa shape index (κ1) is 22.3. The molecule has 0 spiro atoms. The molecule has 0 aliphatic heterocycles. The average Bonchev–Trinajstić information content (AvgIpc) is 3.49. The van der Waals surface area contributed by atoms with Crippen molar-refractivity contribution in [1.29, 1.82) is 0 Å². The van der Waals surface area contributed by atoms with E-state index in [4.69, 9.17) is 16.3 Å². The zero-order valence-electron chi connectivity index (χ0n) is 18.3. The Labute approximate surface area is 199 Å². The lowest BCUT2D eigenvalue weighted by Crippen LogP contribution is -2.26. The number of halogens is 3.